The Hall–Kier alpha value is -3.69. The zero-order valence-corrected chi connectivity index (χ0v) is 22.3. The summed E-state index contributed by atoms with van der Waals surface area (Å²) < 4.78 is 10.2. The van der Waals surface area contributed by atoms with Crippen LogP contribution < -0.4 is 20.1 Å². The predicted octanol–water partition coefficient (Wildman–Crippen LogP) is 5.36. The highest BCUT2D eigenvalue weighted by Gasteiger charge is 2.46. The van der Waals surface area contributed by atoms with Crippen molar-refractivity contribution in [2.45, 2.75) is 42.5 Å². The second-order valence-electron chi connectivity index (χ2n) is 9.79. The minimum atomic E-state index is -0.520. The normalized spacial score (nSPS) is 15.4. The molecule has 1 saturated carbocycles. The molecule has 38 heavy (non-hydrogen) atoms. The summed E-state index contributed by atoms with van der Waals surface area (Å²) in [5.41, 5.74) is 4.45. The Morgan fingerprint density at radius 3 is 2.47 bits per heavy atom. The molecule has 2 amide bonds. The number of urea groups is 1. The van der Waals surface area contributed by atoms with Crippen LogP contribution >= 0.6 is 11.9 Å². The molecule has 198 valence electrons. The van der Waals surface area contributed by atoms with Crippen molar-refractivity contribution in [3.63, 3.8) is 0 Å². The van der Waals surface area contributed by atoms with E-state index in [0.29, 0.717) is 24.2 Å². The number of nitrogens with two attached hydrogens (primary N) is 1. The van der Waals surface area contributed by atoms with Crippen LogP contribution in [0.4, 0.5) is 10.5 Å². The number of anilines is 1. The van der Waals surface area contributed by atoms with Crippen molar-refractivity contribution < 1.29 is 24.2 Å². The largest absolute Gasteiger partial charge is 0.504 e. The van der Waals surface area contributed by atoms with E-state index >= 15 is 0 Å². The summed E-state index contributed by atoms with van der Waals surface area (Å²) in [5.74, 6) is -0.388. The number of aromatic hydroxyl groups is 1. The number of hydrogen-bond acceptors (Lipinski definition) is 7. The number of nitrogens with one attached hydrogen (secondary N) is 1. The van der Waals surface area contributed by atoms with Crippen LogP contribution in [0, 0.1) is 0 Å². The number of fused-ring (bicyclic) bond motifs is 2. The Morgan fingerprint density at radius 1 is 1.08 bits per heavy atom. The smallest absolute Gasteiger partial charge is 0.338 e. The van der Waals surface area contributed by atoms with E-state index in [1.807, 2.05) is 41.3 Å². The second kappa shape index (κ2) is 10.6. The Morgan fingerprint density at radius 2 is 1.82 bits per heavy atom. The fourth-order valence-corrected chi connectivity index (χ4v) is 6.00. The lowest BCUT2D eigenvalue weighted by Gasteiger charge is -2.25. The molecule has 0 aromatic heterocycles. The molecule has 4 N–H and O–H groups in total. The SMILES string of the molecule is COC(=O)c1cc(OC)c(O)cc1-c1ccc2c(c1)C1(CCCC1)CN2C(=O)NCc1ccc(SN)cc1. The van der Waals surface area contributed by atoms with E-state index in [-0.39, 0.29) is 22.9 Å². The first-order valence-electron chi connectivity index (χ1n) is 12.5. The maximum Gasteiger partial charge on any atom is 0.338 e. The molecule has 2 aliphatic rings. The van der Waals surface area contributed by atoms with E-state index < -0.39 is 5.97 Å². The summed E-state index contributed by atoms with van der Waals surface area (Å²) in [7, 11) is 2.76. The first-order valence-corrected chi connectivity index (χ1v) is 13.4. The fourth-order valence-electron chi connectivity index (χ4n) is 5.71. The van der Waals surface area contributed by atoms with Crippen molar-refractivity contribution in [1.82, 2.24) is 5.32 Å². The van der Waals surface area contributed by atoms with Crippen molar-refractivity contribution in [1.29, 1.82) is 0 Å². The summed E-state index contributed by atoms with van der Waals surface area (Å²) in [6.45, 7) is 1.02. The molecular formula is C29H31N3O5S. The molecule has 3 aromatic rings. The molecule has 0 unspecified atom stereocenters. The van der Waals surface area contributed by atoms with Gasteiger partial charge in [0.2, 0.25) is 0 Å². The monoisotopic (exact) mass is 533 g/mol. The van der Waals surface area contributed by atoms with Gasteiger partial charge in [0.25, 0.3) is 0 Å². The van der Waals surface area contributed by atoms with Gasteiger partial charge in [-0.2, -0.15) is 0 Å². The average molecular weight is 534 g/mol. The van der Waals surface area contributed by atoms with Gasteiger partial charge in [-0.15, -0.1) is 0 Å². The van der Waals surface area contributed by atoms with Gasteiger partial charge in [0.05, 0.1) is 19.8 Å². The molecular weight excluding hydrogens is 502 g/mol. The summed E-state index contributed by atoms with van der Waals surface area (Å²) in [4.78, 5) is 28.8. The Balaban J connectivity index is 1.48. The number of hydrogen-bond donors (Lipinski definition) is 3. The van der Waals surface area contributed by atoms with Crippen molar-refractivity contribution in [3.8, 4) is 22.6 Å². The van der Waals surface area contributed by atoms with E-state index in [9.17, 15) is 14.7 Å². The Kier molecular flexibility index (Phi) is 7.23. The zero-order chi connectivity index (χ0) is 26.9. The van der Waals surface area contributed by atoms with Crippen molar-refractivity contribution in [2.75, 3.05) is 25.7 Å². The highest BCUT2D eigenvalue weighted by atomic mass is 32.2. The quantitative estimate of drug-likeness (QED) is 0.289. The minimum absolute atomic E-state index is 0.0645. The molecule has 9 heteroatoms. The molecule has 3 aromatic carbocycles. The molecule has 1 spiro atoms. The maximum atomic E-state index is 13.4. The molecule has 1 heterocycles. The number of carbonyl (C=O) groups is 2. The number of ether oxygens (including phenoxy) is 2. The van der Waals surface area contributed by atoms with Gasteiger partial charge in [-0.1, -0.05) is 31.0 Å². The van der Waals surface area contributed by atoms with Crippen LogP contribution in [0.5, 0.6) is 11.5 Å². The van der Waals surface area contributed by atoms with E-state index in [1.165, 1.54) is 38.3 Å². The maximum absolute atomic E-state index is 13.4. The van der Waals surface area contributed by atoms with Crippen molar-refractivity contribution >= 4 is 29.6 Å². The molecule has 1 aliphatic carbocycles. The number of rotatable bonds is 6. The minimum Gasteiger partial charge on any atom is -0.504 e. The van der Waals surface area contributed by atoms with Crippen molar-refractivity contribution in [3.05, 3.63) is 71.3 Å². The predicted molar refractivity (Wildman–Crippen MR) is 148 cm³/mol. The number of esters is 1. The van der Waals surface area contributed by atoms with Gasteiger partial charge in [0.15, 0.2) is 11.5 Å². The second-order valence-corrected chi connectivity index (χ2v) is 10.5. The van der Waals surface area contributed by atoms with Gasteiger partial charge < -0.3 is 19.9 Å². The van der Waals surface area contributed by atoms with Crippen LogP contribution in [0.2, 0.25) is 0 Å². The first kappa shape index (κ1) is 25.9. The standard InChI is InChI=1S/C29H31N3O5S/c1-36-26-15-22(27(34)37-2)21(14-25(26)33)19-7-10-24-23(13-19)29(11-3-4-12-29)17-32(24)28(35)31-16-18-5-8-20(38-30)9-6-18/h5-10,13-15,33H,3-4,11-12,16-17,30H2,1-2H3,(H,31,35). The highest BCUT2D eigenvalue weighted by Crippen LogP contribution is 2.51. The molecule has 1 aliphatic heterocycles. The number of nitrogens with zero attached hydrogens (tertiary/aromatic N) is 1. The molecule has 0 bridgehead atoms. The third-order valence-corrected chi connectivity index (χ3v) is 8.21. The molecule has 0 radical (unpaired) electrons. The highest BCUT2D eigenvalue weighted by molar-refractivity contribution is 7.97. The fraction of sp³-hybridized carbons (Fsp3) is 0.310. The summed E-state index contributed by atoms with van der Waals surface area (Å²) in [5, 5.41) is 19.2. The number of benzene rings is 3. The van der Waals surface area contributed by atoms with Gasteiger partial charge in [-0.05, 0) is 77.9 Å². The third-order valence-electron chi connectivity index (χ3n) is 7.66. The number of carbonyl (C=O) groups excluding carboxylic acids is 2. The topological polar surface area (TPSA) is 114 Å². The van der Waals surface area contributed by atoms with Crippen LogP contribution in [0.1, 0.15) is 47.2 Å². The van der Waals surface area contributed by atoms with Gasteiger partial charge in [0, 0.05) is 34.7 Å². The van der Waals surface area contributed by atoms with E-state index in [4.69, 9.17) is 14.6 Å². The van der Waals surface area contributed by atoms with Crippen LogP contribution in [0.25, 0.3) is 11.1 Å². The lowest BCUT2D eigenvalue weighted by molar-refractivity contribution is 0.0601. The lowest BCUT2D eigenvalue weighted by Crippen LogP contribution is -2.41. The van der Waals surface area contributed by atoms with Gasteiger partial charge in [-0.25, -0.2) is 9.59 Å². The lowest BCUT2D eigenvalue weighted by atomic mass is 9.79. The van der Waals surface area contributed by atoms with Crippen LogP contribution in [0.15, 0.2) is 59.5 Å². The first-order chi connectivity index (χ1) is 18.4. The Labute approximate surface area is 226 Å². The molecule has 8 nitrogen and oxygen atoms in total. The van der Waals surface area contributed by atoms with E-state index in [1.54, 1.807) is 0 Å². The van der Waals surface area contributed by atoms with Gasteiger partial charge in [0.1, 0.15) is 0 Å². The number of phenolic OH excluding ortho intramolecular Hbond substituents is 1. The number of amides is 2. The van der Waals surface area contributed by atoms with Crippen LogP contribution in [-0.4, -0.2) is 37.9 Å². The summed E-state index contributed by atoms with van der Waals surface area (Å²) >= 11 is 1.19. The van der Waals surface area contributed by atoms with E-state index in [0.717, 1.165) is 53.0 Å². The van der Waals surface area contributed by atoms with Crippen molar-refractivity contribution in [2.24, 2.45) is 5.14 Å². The van der Waals surface area contributed by atoms with Crippen LogP contribution in [0.3, 0.4) is 0 Å². The molecule has 0 saturated heterocycles. The van der Waals surface area contributed by atoms with Gasteiger partial charge in [-0.3, -0.25) is 10.0 Å². The molecule has 1 fully saturated rings. The Bertz CT molecular complexity index is 1370. The summed E-state index contributed by atoms with van der Waals surface area (Å²) in [6.07, 6.45) is 4.18. The average Bonchev–Trinajstić information content (AvgIpc) is 3.56. The number of phenols is 1. The molecule has 5 rings (SSSR count). The molecule has 0 atom stereocenters. The summed E-state index contributed by atoms with van der Waals surface area (Å²) in [6, 6.07) is 16.6. The third kappa shape index (κ3) is 4.68. The number of methoxy groups -OCH3 is 2. The van der Waals surface area contributed by atoms with Crippen LogP contribution in [-0.2, 0) is 16.7 Å². The van der Waals surface area contributed by atoms with E-state index in [2.05, 4.69) is 11.4 Å². The zero-order valence-electron chi connectivity index (χ0n) is 21.5. The van der Waals surface area contributed by atoms with Gasteiger partial charge >= 0.3 is 12.0 Å².